The van der Waals surface area contributed by atoms with Crippen LogP contribution in [0.5, 0.6) is 11.5 Å². The number of rotatable bonds is 3. The second kappa shape index (κ2) is 6.07. The fourth-order valence-electron chi connectivity index (χ4n) is 2.08. The Kier molecular flexibility index (Phi) is 4.17. The lowest BCUT2D eigenvalue weighted by molar-refractivity contribution is 0.171. The molecule has 1 aliphatic rings. The number of hydrogen-bond donors (Lipinski definition) is 1. The molecule has 2 N–H and O–H groups in total. The Hall–Kier alpha value is -1.53. The molecule has 6 heteroatoms. The van der Waals surface area contributed by atoms with E-state index in [-0.39, 0.29) is 0 Å². The van der Waals surface area contributed by atoms with Gasteiger partial charge in [0.05, 0.1) is 16.6 Å². The van der Waals surface area contributed by atoms with Gasteiger partial charge < -0.3 is 15.2 Å². The quantitative estimate of drug-likeness (QED) is 0.846. The van der Waals surface area contributed by atoms with Crippen molar-refractivity contribution in [2.24, 2.45) is 0 Å². The van der Waals surface area contributed by atoms with Crippen molar-refractivity contribution in [2.75, 3.05) is 18.9 Å². The van der Waals surface area contributed by atoms with Gasteiger partial charge in [-0.05, 0) is 45.8 Å². The predicted molar refractivity (Wildman–Crippen MR) is 86.1 cm³/mol. The smallest absolute Gasteiger partial charge is 0.162 e. The van der Waals surface area contributed by atoms with Crippen molar-refractivity contribution in [2.45, 2.75) is 10.6 Å². The number of benzene rings is 2. The molecular formula is C15H14BrNO3S. The van der Waals surface area contributed by atoms with Crippen LogP contribution in [0.4, 0.5) is 5.69 Å². The minimum atomic E-state index is -1.15. The number of ether oxygens (including phenoxy) is 2. The average Bonchev–Trinajstić information content (AvgIpc) is 2.50. The van der Waals surface area contributed by atoms with Crippen LogP contribution in [0.15, 0.2) is 45.8 Å². The second-order valence-corrected chi connectivity index (χ2v) is 6.96. The van der Waals surface area contributed by atoms with Crippen LogP contribution < -0.4 is 15.2 Å². The fraction of sp³-hybridized carbons (Fsp3) is 0.200. The van der Waals surface area contributed by atoms with Gasteiger partial charge in [-0.1, -0.05) is 6.07 Å². The molecule has 0 spiro atoms. The summed E-state index contributed by atoms with van der Waals surface area (Å²) < 4.78 is 24.3. The zero-order valence-electron chi connectivity index (χ0n) is 11.2. The van der Waals surface area contributed by atoms with E-state index in [0.717, 1.165) is 14.9 Å². The third-order valence-electron chi connectivity index (χ3n) is 3.13. The Morgan fingerprint density at radius 1 is 1.10 bits per heavy atom. The third-order valence-corrected chi connectivity index (χ3v) is 5.23. The van der Waals surface area contributed by atoms with E-state index in [0.29, 0.717) is 36.2 Å². The molecule has 1 heterocycles. The van der Waals surface area contributed by atoms with Crippen LogP contribution in [-0.2, 0) is 16.6 Å². The van der Waals surface area contributed by atoms with E-state index in [9.17, 15) is 4.21 Å². The molecule has 0 aliphatic carbocycles. The highest BCUT2D eigenvalue weighted by Crippen LogP contribution is 2.32. The Balaban J connectivity index is 1.80. The maximum atomic E-state index is 12.5. The van der Waals surface area contributed by atoms with Gasteiger partial charge in [0.2, 0.25) is 0 Å². The van der Waals surface area contributed by atoms with Gasteiger partial charge in [0.1, 0.15) is 13.2 Å². The van der Waals surface area contributed by atoms with Crippen molar-refractivity contribution < 1.29 is 13.7 Å². The molecule has 0 saturated heterocycles. The van der Waals surface area contributed by atoms with Crippen molar-refractivity contribution in [1.82, 2.24) is 0 Å². The number of halogens is 1. The summed E-state index contributed by atoms with van der Waals surface area (Å²) in [4.78, 5) is 0.723. The summed E-state index contributed by atoms with van der Waals surface area (Å²) in [6.45, 7) is 1.07. The van der Waals surface area contributed by atoms with E-state index in [2.05, 4.69) is 15.9 Å². The maximum absolute atomic E-state index is 12.5. The molecule has 2 aromatic rings. The first-order chi connectivity index (χ1) is 10.1. The van der Waals surface area contributed by atoms with Crippen LogP contribution in [0, 0.1) is 0 Å². The first kappa shape index (κ1) is 14.4. The third kappa shape index (κ3) is 3.22. The van der Waals surface area contributed by atoms with Gasteiger partial charge in [0.25, 0.3) is 0 Å². The lowest BCUT2D eigenvalue weighted by atomic mass is 10.2. The Labute approximate surface area is 133 Å². The van der Waals surface area contributed by atoms with Crippen molar-refractivity contribution in [1.29, 1.82) is 0 Å². The van der Waals surface area contributed by atoms with Crippen LogP contribution in [-0.4, -0.2) is 17.4 Å². The molecule has 110 valence electrons. The standard InChI is InChI=1S/C15H14BrNO3S/c16-12-3-1-10(7-13(12)17)9-21(18)11-2-4-14-15(8-11)20-6-5-19-14/h1-4,7-8H,5-6,9,17H2. The summed E-state index contributed by atoms with van der Waals surface area (Å²) in [6.07, 6.45) is 0. The number of fused-ring (bicyclic) bond motifs is 1. The first-order valence-electron chi connectivity index (χ1n) is 6.45. The van der Waals surface area contributed by atoms with Crippen LogP contribution in [0.25, 0.3) is 0 Å². The summed E-state index contributed by atoms with van der Waals surface area (Å²) in [7, 11) is -1.15. The SMILES string of the molecule is Nc1cc(CS(=O)c2ccc3c(c2)OCCO3)ccc1Br. The molecule has 1 atom stereocenters. The van der Waals surface area contributed by atoms with Gasteiger partial charge in [-0.25, -0.2) is 0 Å². The average molecular weight is 368 g/mol. The molecule has 1 aliphatic heterocycles. The lowest BCUT2D eigenvalue weighted by Gasteiger charge is -2.18. The highest BCUT2D eigenvalue weighted by atomic mass is 79.9. The Morgan fingerprint density at radius 3 is 2.62 bits per heavy atom. The van der Waals surface area contributed by atoms with Crippen LogP contribution >= 0.6 is 15.9 Å². The molecule has 4 nitrogen and oxygen atoms in total. The second-order valence-electron chi connectivity index (χ2n) is 4.65. The van der Waals surface area contributed by atoms with E-state index in [1.54, 1.807) is 12.1 Å². The number of nitrogens with two attached hydrogens (primary N) is 1. The first-order valence-corrected chi connectivity index (χ1v) is 8.56. The maximum Gasteiger partial charge on any atom is 0.162 e. The van der Waals surface area contributed by atoms with Gasteiger partial charge >= 0.3 is 0 Å². The van der Waals surface area contributed by atoms with Crippen molar-refractivity contribution >= 4 is 32.4 Å². The molecule has 0 radical (unpaired) electrons. The monoisotopic (exact) mass is 367 g/mol. The molecule has 0 saturated carbocycles. The van der Waals surface area contributed by atoms with Crippen LogP contribution in [0.3, 0.4) is 0 Å². The van der Waals surface area contributed by atoms with Crippen molar-refractivity contribution in [3.05, 3.63) is 46.4 Å². The normalized spacial score (nSPS) is 14.7. The van der Waals surface area contributed by atoms with Gasteiger partial charge in [-0.15, -0.1) is 0 Å². The largest absolute Gasteiger partial charge is 0.486 e. The Morgan fingerprint density at radius 2 is 1.86 bits per heavy atom. The van der Waals surface area contributed by atoms with Gasteiger partial charge in [-0.2, -0.15) is 0 Å². The van der Waals surface area contributed by atoms with Crippen molar-refractivity contribution in [3.8, 4) is 11.5 Å². The molecule has 0 aromatic heterocycles. The highest BCUT2D eigenvalue weighted by Gasteiger charge is 2.14. The summed E-state index contributed by atoms with van der Waals surface area (Å²) in [5, 5.41) is 0. The molecular weight excluding hydrogens is 354 g/mol. The van der Waals surface area contributed by atoms with E-state index < -0.39 is 10.8 Å². The highest BCUT2D eigenvalue weighted by molar-refractivity contribution is 9.10. The molecule has 0 fully saturated rings. The summed E-state index contributed by atoms with van der Waals surface area (Å²) >= 11 is 3.35. The number of nitrogen functional groups attached to an aromatic ring is 1. The lowest BCUT2D eigenvalue weighted by Crippen LogP contribution is -2.15. The van der Waals surface area contributed by atoms with E-state index in [1.165, 1.54) is 0 Å². The zero-order chi connectivity index (χ0) is 14.8. The fourth-order valence-corrected chi connectivity index (χ4v) is 3.44. The van der Waals surface area contributed by atoms with E-state index >= 15 is 0 Å². The zero-order valence-corrected chi connectivity index (χ0v) is 13.6. The van der Waals surface area contributed by atoms with Crippen LogP contribution in [0.2, 0.25) is 0 Å². The molecule has 3 rings (SSSR count). The molecule has 2 aromatic carbocycles. The van der Waals surface area contributed by atoms with E-state index in [4.69, 9.17) is 15.2 Å². The molecule has 0 bridgehead atoms. The van der Waals surface area contributed by atoms with Gasteiger partial charge in [0.15, 0.2) is 11.5 Å². The summed E-state index contributed by atoms with van der Waals surface area (Å²) in [5.41, 5.74) is 7.42. The number of anilines is 1. The van der Waals surface area contributed by atoms with Crippen LogP contribution in [0.1, 0.15) is 5.56 Å². The van der Waals surface area contributed by atoms with Crippen molar-refractivity contribution in [3.63, 3.8) is 0 Å². The minimum absolute atomic E-state index is 0.414. The molecule has 21 heavy (non-hydrogen) atoms. The summed E-state index contributed by atoms with van der Waals surface area (Å²) in [6, 6.07) is 11.0. The molecule has 0 amide bonds. The number of hydrogen-bond acceptors (Lipinski definition) is 4. The molecule has 1 unspecified atom stereocenters. The van der Waals surface area contributed by atoms with E-state index in [1.807, 2.05) is 24.3 Å². The van der Waals surface area contributed by atoms with Gasteiger partial charge in [-0.3, -0.25) is 4.21 Å². The van der Waals surface area contributed by atoms with Gasteiger partial charge in [0, 0.05) is 21.1 Å². The topological polar surface area (TPSA) is 61.6 Å². The minimum Gasteiger partial charge on any atom is -0.486 e. The summed E-state index contributed by atoms with van der Waals surface area (Å²) in [5.74, 6) is 1.77. The predicted octanol–water partition coefficient (Wildman–Crippen LogP) is 3.11. The Bertz CT molecular complexity index is 705.